The summed E-state index contributed by atoms with van der Waals surface area (Å²) in [5.74, 6) is 0.379. The van der Waals surface area contributed by atoms with Gasteiger partial charge in [-0.2, -0.15) is 5.10 Å². The lowest BCUT2D eigenvalue weighted by atomic mass is 9.75. The topological polar surface area (TPSA) is 105 Å². The molecule has 0 spiro atoms. The number of anilines is 1. The highest BCUT2D eigenvalue weighted by atomic mass is 16.7. The van der Waals surface area contributed by atoms with Crippen LogP contribution in [0.3, 0.4) is 0 Å². The van der Waals surface area contributed by atoms with E-state index in [0.717, 1.165) is 5.56 Å². The van der Waals surface area contributed by atoms with Crippen molar-refractivity contribution in [2.75, 3.05) is 18.8 Å². The average Bonchev–Trinajstić information content (AvgIpc) is 3.34. The highest BCUT2D eigenvalue weighted by Gasteiger charge is 2.53. The highest BCUT2D eigenvalue weighted by molar-refractivity contribution is 6.63. The summed E-state index contributed by atoms with van der Waals surface area (Å²) in [6.45, 7) is 14.7. The van der Waals surface area contributed by atoms with E-state index in [9.17, 15) is 4.79 Å². The van der Waals surface area contributed by atoms with E-state index >= 15 is 0 Å². The maximum Gasteiger partial charge on any atom is 0.498 e. The third-order valence-corrected chi connectivity index (χ3v) is 7.18. The Bertz CT molecular complexity index is 1020. The van der Waals surface area contributed by atoms with Crippen molar-refractivity contribution in [2.45, 2.75) is 83.6 Å². The molecule has 2 aromatic heterocycles. The number of nitrogens with zero attached hydrogens (tertiary/aromatic N) is 4. The second kappa shape index (κ2) is 8.27. The van der Waals surface area contributed by atoms with Gasteiger partial charge < -0.3 is 24.7 Å². The number of pyridine rings is 1. The second-order valence-corrected chi connectivity index (χ2v) is 11.2. The van der Waals surface area contributed by atoms with Crippen molar-refractivity contribution in [3.8, 4) is 0 Å². The number of likely N-dealkylation sites (tertiary alicyclic amines) is 1. The van der Waals surface area contributed by atoms with Crippen LogP contribution < -0.4 is 11.2 Å². The number of amides is 1. The van der Waals surface area contributed by atoms with Crippen LogP contribution in [-0.2, 0) is 19.6 Å². The van der Waals surface area contributed by atoms with Crippen LogP contribution in [0.1, 0.15) is 66.9 Å². The summed E-state index contributed by atoms with van der Waals surface area (Å²) in [5.41, 5.74) is 5.96. The Kier molecular flexibility index (Phi) is 5.97. The number of rotatable bonds is 3. The number of aromatic nitrogens is 3. The van der Waals surface area contributed by atoms with Crippen molar-refractivity contribution >= 4 is 24.5 Å². The molecule has 4 rings (SSSR count). The van der Waals surface area contributed by atoms with Crippen molar-refractivity contribution in [1.29, 1.82) is 0 Å². The molecule has 0 atom stereocenters. The monoisotopic (exact) mass is 469 g/mol. The molecule has 34 heavy (non-hydrogen) atoms. The molecule has 0 bridgehead atoms. The minimum Gasteiger partial charge on any atom is -0.444 e. The molecule has 0 aliphatic carbocycles. The summed E-state index contributed by atoms with van der Waals surface area (Å²) < 4.78 is 20.1. The molecule has 2 N–H and O–H groups in total. The predicted octanol–water partition coefficient (Wildman–Crippen LogP) is 2.93. The standard InChI is InChI=1S/C24H36BN5O4/c1-21(2,3)32-20(31)29-13-9-24(10-14-29,30-12-8-11-28-30)17-15-18(19(26)27-16-17)25-33-22(4,5)23(6,7)34-25/h8,11-12,15-16H,9-10,13-14H2,1-7H3,(H2,26,27). The summed E-state index contributed by atoms with van der Waals surface area (Å²) in [6.07, 6.45) is 6.53. The molecule has 2 fully saturated rings. The Morgan fingerprint density at radius 1 is 1.15 bits per heavy atom. The quantitative estimate of drug-likeness (QED) is 0.690. The highest BCUT2D eigenvalue weighted by Crippen LogP contribution is 2.39. The molecule has 0 saturated carbocycles. The van der Waals surface area contributed by atoms with Gasteiger partial charge in [0.05, 0.1) is 16.7 Å². The zero-order valence-corrected chi connectivity index (χ0v) is 21.3. The molecule has 2 aromatic rings. The van der Waals surface area contributed by atoms with Gasteiger partial charge in [0.2, 0.25) is 0 Å². The lowest BCUT2D eigenvalue weighted by molar-refractivity contribution is 0.00578. The van der Waals surface area contributed by atoms with Crippen LogP contribution in [0.15, 0.2) is 30.7 Å². The number of nitrogen functional groups attached to an aromatic ring is 1. The molecule has 10 heteroatoms. The van der Waals surface area contributed by atoms with Crippen molar-refractivity contribution in [3.63, 3.8) is 0 Å². The molecule has 0 unspecified atom stereocenters. The first-order valence-corrected chi connectivity index (χ1v) is 11.8. The molecule has 2 aliphatic rings. The summed E-state index contributed by atoms with van der Waals surface area (Å²) >= 11 is 0. The number of ether oxygens (including phenoxy) is 1. The van der Waals surface area contributed by atoms with Gasteiger partial charge in [0, 0.05) is 37.1 Å². The third kappa shape index (κ3) is 4.41. The van der Waals surface area contributed by atoms with Crippen molar-refractivity contribution < 1.29 is 18.8 Å². The minimum atomic E-state index is -0.617. The first kappa shape index (κ1) is 24.5. The number of hydrogen-bond donors (Lipinski definition) is 1. The van der Waals surface area contributed by atoms with Gasteiger partial charge in [0.15, 0.2) is 0 Å². The fourth-order valence-corrected chi connectivity index (χ4v) is 4.46. The first-order valence-electron chi connectivity index (χ1n) is 11.8. The van der Waals surface area contributed by atoms with Crippen LogP contribution in [0.2, 0.25) is 0 Å². The number of piperidine rings is 1. The normalized spacial score (nSPS) is 21.5. The van der Waals surface area contributed by atoms with Crippen molar-refractivity contribution in [2.24, 2.45) is 0 Å². The summed E-state index contributed by atoms with van der Waals surface area (Å²) in [5, 5.41) is 4.57. The molecule has 0 aromatic carbocycles. The fourth-order valence-electron chi connectivity index (χ4n) is 4.46. The Morgan fingerprint density at radius 3 is 2.29 bits per heavy atom. The zero-order valence-electron chi connectivity index (χ0n) is 21.3. The number of hydrogen-bond acceptors (Lipinski definition) is 7. The SMILES string of the molecule is CC(C)(C)OC(=O)N1CCC(c2cnc(N)c(B3OC(C)(C)C(C)(C)O3)c2)(n2cccn2)CC1. The van der Waals surface area contributed by atoms with E-state index in [4.69, 9.17) is 19.8 Å². The molecular formula is C24H36BN5O4. The van der Waals surface area contributed by atoms with E-state index in [1.165, 1.54) is 0 Å². The molecule has 1 amide bonds. The maximum absolute atomic E-state index is 12.7. The summed E-state index contributed by atoms with van der Waals surface area (Å²) in [4.78, 5) is 18.9. The average molecular weight is 469 g/mol. The van der Waals surface area contributed by atoms with Gasteiger partial charge >= 0.3 is 13.2 Å². The fraction of sp³-hybridized carbons (Fsp3) is 0.625. The van der Waals surface area contributed by atoms with Crippen molar-refractivity contribution in [3.05, 3.63) is 36.3 Å². The number of carbonyl (C=O) groups is 1. The van der Waals surface area contributed by atoms with E-state index in [-0.39, 0.29) is 6.09 Å². The minimum absolute atomic E-state index is 0.296. The number of carbonyl (C=O) groups excluding carboxylic acids is 1. The molecule has 9 nitrogen and oxygen atoms in total. The Labute approximate surface area is 202 Å². The molecule has 0 radical (unpaired) electrons. The molecule has 2 aliphatic heterocycles. The first-order chi connectivity index (χ1) is 15.7. The molecule has 184 valence electrons. The molecule has 2 saturated heterocycles. The summed E-state index contributed by atoms with van der Waals surface area (Å²) in [6, 6.07) is 3.93. The predicted molar refractivity (Wildman–Crippen MR) is 131 cm³/mol. The van der Waals surface area contributed by atoms with Gasteiger partial charge in [-0.05, 0) is 72.9 Å². The Balaban J connectivity index is 1.66. The smallest absolute Gasteiger partial charge is 0.444 e. The third-order valence-electron chi connectivity index (χ3n) is 7.18. The largest absolute Gasteiger partial charge is 0.498 e. The van der Waals surface area contributed by atoms with Crippen LogP contribution in [0.5, 0.6) is 0 Å². The lowest BCUT2D eigenvalue weighted by Gasteiger charge is -2.42. The van der Waals surface area contributed by atoms with Crippen LogP contribution >= 0.6 is 0 Å². The van der Waals surface area contributed by atoms with Crippen molar-refractivity contribution in [1.82, 2.24) is 19.7 Å². The van der Waals surface area contributed by atoms with E-state index in [1.54, 1.807) is 17.3 Å². The van der Waals surface area contributed by atoms with Crippen LogP contribution in [0, 0.1) is 0 Å². The van der Waals surface area contributed by atoms with E-state index in [2.05, 4.69) is 10.1 Å². The van der Waals surface area contributed by atoms with Crippen LogP contribution in [0.4, 0.5) is 10.6 Å². The lowest BCUT2D eigenvalue weighted by Crippen LogP contribution is -2.50. The van der Waals surface area contributed by atoms with E-state index in [0.29, 0.717) is 37.2 Å². The van der Waals surface area contributed by atoms with Gasteiger partial charge in [-0.1, -0.05) is 6.07 Å². The van der Waals surface area contributed by atoms with Gasteiger partial charge in [-0.25, -0.2) is 9.78 Å². The van der Waals surface area contributed by atoms with Gasteiger partial charge in [0.25, 0.3) is 0 Å². The number of nitrogens with two attached hydrogens (primary N) is 1. The Hall–Kier alpha value is -2.59. The zero-order chi connectivity index (χ0) is 24.9. The van der Waals surface area contributed by atoms with Gasteiger partial charge in [0.1, 0.15) is 11.4 Å². The second-order valence-electron chi connectivity index (χ2n) is 11.2. The van der Waals surface area contributed by atoms with E-state index < -0.39 is 29.5 Å². The molecule has 4 heterocycles. The van der Waals surface area contributed by atoms with Crippen LogP contribution in [0.25, 0.3) is 0 Å². The van der Waals surface area contributed by atoms with Crippen LogP contribution in [-0.4, -0.2) is 62.8 Å². The Morgan fingerprint density at radius 2 is 1.76 bits per heavy atom. The van der Waals surface area contributed by atoms with E-state index in [1.807, 2.05) is 71.5 Å². The summed E-state index contributed by atoms with van der Waals surface area (Å²) in [7, 11) is -0.617. The molecular weight excluding hydrogens is 433 g/mol. The van der Waals surface area contributed by atoms with Gasteiger partial charge in [-0.15, -0.1) is 0 Å². The van der Waals surface area contributed by atoms with Gasteiger partial charge in [-0.3, -0.25) is 4.68 Å². The maximum atomic E-state index is 12.7.